The second-order valence-electron chi connectivity index (χ2n) is 10.7. The maximum Gasteiger partial charge on any atom is 0.328 e. The van der Waals surface area contributed by atoms with Gasteiger partial charge in [0.25, 0.3) is 5.91 Å². The van der Waals surface area contributed by atoms with Crippen LogP contribution in [0, 0.1) is 23.7 Å². The molecule has 0 unspecified atom stereocenters. The van der Waals surface area contributed by atoms with Gasteiger partial charge < -0.3 is 19.5 Å². The molecule has 0 aromatic carbocycles. The van der Waals surface area contributed by atoms with Crippen LogP contribution in [-0.4, -0.2) is 42.1 Å². The molecule has 0 radical (unpaired) electrons. The van der Waals surface area contributed by atoms with Gasteiger partial charge in [-0.05, 0) is 43.9 Å². The molecule has 1 saturated heterocycles. The van der Waals surface area contributed by atoms with E-state index in [0.717, 1.165) is 25.7 Å². The molecule has 0 bridgehead atoms. The molecule has 4 atom stereocenters. The van der Waals surface area contributed by atoms with Gasteiger partial charge in [-0.1, -0.05) is 52.4 Å². The number of ether oxygens (including phenoxy) is 3. The van der Waals surface area contributed by atoms with Gasteiger partial charge in [-0.25, -0.2) is 9.78 Å². The molecule has 36 heavy (non-hydrogen) atoms. The summed E-state index contributed by atoms with van der Waals surface area (Å²) < 4.78 is 16.5. The van der Waals surface area contributed by atoms with Crippen LogP contribution in [0.15, 0.2) is 12.3 Å². The Hall–Kier alpha value is -2.64. The molecule has 0 spiro atoms. The molecule has 1 aliphatic carbocycles. The fraction of sp³-hybridized carbons (Fsp3) is 0.714. The zero-order valence-electron chi connectivity index (χ0n) is 22.4. The molecular formula is C28H42N2O6. The van der Waals surface area contributed by atoms with Gasteiger partial charge in [0.1, 0.15) is 12.1 Å². The van der Waals surface area contributed by atoms with Gasteiger partial charge in [0.05, 0.1) is 7.11 Å². The lowest BCUT2D eigenvalue weighted by Gasteiger charge is -2.36. The Morgan fingerprint density at radius 2 is 1.89 bits per heavy atom. The smallest absolute Gasteiger partial charge is 0.328 e. The van der Waals surface area contributed by atoms with Gasteiger partial charge in [-0.3, -0.25) is 9.59 Å². The largest absolute Gasteiger partial charge is 0.493 e. The van der Waals surface area contributed by atoms with Gasteiger partial charge in [0.2, 0.25) is 5.75 Å². The zero-order valence-corrected chi connectivity index (χ0v) is 22.4. The first-order chi connectivity index (χ1) is 17.2. The Morgan fingerprint density at radius 3 is 2.53 bits per heavy atom. The lowest BCUT2D eigenvalue weighted by atomic mass is 9.73. The first-order valence-corrected chi connectivity index (χ1v) is 13.4. The Kier molecular flexibility index (Phi) is 10.1. The maximum absolute atomic E-state index is 13.2. The number of nitrogens with zero attached hydrogens (tertiary/aromatic N) is 1. The molecule has 1 amide bonds. The minimum atomic E-state index is -0.800. The van der Waals surface area contributed by atoms with Crippen LogP contribution < -0.4 is 14.8 Å². The summed E-state index contributed by atoms with van der Waals surface area (Å²) in [4.78, 5) is 42.1. The summed E-state index contributed by atoms with van der Waals surface area (Å²) in [6.45, 7) is 7.77. The number of nitrogens with one attached hydrogen (secondary N) is 1. The molecule has 2 heterocycles. The molecule has 1 aromatic heterocycles. The van der Waals surface area contributed by atoms with Crippen molar-refractivity contribution in [3.8, 4) is 11.5 Å². The van der Waals surface area contributed by atoms with Crippen molar-refractivity contribution in [3.05, 3.63) is 18.0 Å². The van der Waals surface area contributed by atoms with Crippen molar-refractivity contribution in [2.24, 2.45) is 23.7 Å². The minimum Gasteiger partial charge on any atom is -0.493 e. The zero-order chi connectivity index (χ0) is 26.2. The van der Waals surface area contributed by atoms with E-state index in [1.165, 1.54) is 52.0 Å². The normalized spacial score (nSPS) is 25.4. The molecule has 8 heteroatoms. The fourth-order valence-corrected chi connectivity index (χ4v) is 5.97. The number of methoxy groups -OCH3 is 1. The van der Waals surface area contributed by atoms with Crippen LogP contribution in [0.3, 0.4) is 0 Å². The van der Waals surface area contributed by atoms with Crippen LogP contribution in [-0.2, 0) is 14.3 Å². The van der Waals surface area contributed by atoms with E-state index >= 15 is 0 Å². The molecule has 200 valence electrons. The highest BCUT2D eigenvalue weighted by Gasteiger charge is 2.39. The Bertz CT molecular complexity index is 911. The van der Waals surface area contributed by atoms with Crippen LogP contribution in [0.25, 0.3) is 0 Å². The van der Waals surface area contributed by atoms with Gasteiger partial charge in [0, 0.05) is 25.1 Å². The van der Waals surface area contributed by atoms with Crippen LogP contribution >= 0.6 is 0 Å². The van der Waals surface area contributed by atoms with Crippen LogP contribution in [0.5, 0.6) is 11.5 Å². The summed E-state index contributed by atoms with van der Waals surface area (Å²) >= 11 is 0. The van der Waals surface area contributed by atoms with E-state index < -0.39 is 23.9 Å². The first kappa shape index (κ1) is 27.9. The van der Waals surface area contributed by atoms with Gasteiger partial charge in [-0.2, -0.15) is 0 Å². The highest BCUT2D eigenvalue weighted by molar-refractivity contribution is 5.98. The molecule has 8 nitrogen and oxygen atoms in total. The minimum absolute atomic E-state index is 0.0650. The molecule has 1 aromatic rings. The average molecular weight is 503 g/mol. The third-order valence-electron chi connectivity index (χ3n) is 7.65. The topological polar surface area (TPSA) is 104 Å². The maximum atomic E-state index is 13.2. The van der Waals surface area contributed by atoms with Crippen LogP contribution in [0.1, 0.15) is 96.0 Å². The van der Waals surface area contributed by atoms with Crippen molar-refractivity contribution in [3.63, 3.8) is 0 Å². The Balaban J connectivity index is 1.79. The Labute approximate surface area is 214 Å². The van der Waals surface area contributed by atoms with E-state index in [2.05, 4.69) is 24.1 Å². The molecule has 1 aliphatic heterocycles. The third kappa shape index (κ3) is 7.20. The number of hydrogen-bond donors (Lipinski definition) is 1. The highest BCUT2D eigenvalue weighted by atomic mass is 16.6. The monoisotopic (exact) mass is 502 g/mol. The van der Waals surface area contributed by atoms with Gasteiger partial charge >= 0.3 is 11.9 Å². The number of hydrogen-bond acceptors (Lipinski definition) is 7. The molecule has 1 saturated carbocycles. The quantitative estimate of drug-likeness (QED) is 0.494. The predicted octanol–water partition coefficient (Wildman–Crippen LogP) is 5.09. The average Bonchev–Trinajstić information content (AvgIpc) is 3.35. The molecule has 2 aliphatic rings. The lowest BCUT2D eigenvalue weighted by Crippen LogP contribution is -2.44. The van der Waals surface area contributed by atoms with E-state index in [4.69, 9.17) is 14.2 Å². The van der Waals surface area contributed by atoms with Crippen molar-refractivity contribution in [2.75, 3.05) is 7.11 Å². The van der Waals surface area contributed by atoms with E-state index in [-0.39, 0.29) is 23.3 Å². The summed E-state index contributed by atoms with van der Waals surface area (Å²) in [5.74, 6) is 0.591. The number of aromatic nitrogens is 1. The summed E-state index contributed by atoms with van der Waals surface area (Å²) in [7, 11) is 1.41. The first-order valence-electron chi connectivity index (χ1n) is 13.4. The van der Waals surface area contributed by atoms with Crippen molar-refractivity contribution in [1.29, 1.82) is 0 Å². The number of carbonyl (C=O) groups excluding carboxylic acids is 3. The SMILES string of the molecule is COc1ccnc(C(=O)N[C@H]2CCC[C@H](CCC(C)C)[C@@H](C3CCCC3)[C@H](C)OC2=O)c1OC(C)=O. The number of esters is 2. The highest BCUT2D eigenvalue weighted by Crippen LogP contribution is 2.42. The van der Waals surface area contributed by atoms with E-state index in [9.17, 15) is 14.4 Å². The third-order valence-corrected chi connectivity index (χ3v) is 7.65. The van der Waals surface area contributed by atoms with E-state index in [1.807, 2.05) is 6.92 Å². The molecular weight excluding hydrogens is 460 g/mol. The van der Waals surface area contributed by atoms with Crippen molar-refractivity contribution in [2.45, 2.75) is 97.6 Å². The molecule has 1 N–H and O–H groups in total. The summed E-state index contributed by atoms with van der Waals surface area (Å²) in [5, 5.41) is 2.79. The second-order valence-corrected chi connectivity index (χ2v) is 10.7. The number of amides is 1. The van der Waals surface area contributed by atoms with Crippen molar-refractivity contribution in [1.82, 2.24) is 10.3 Å². The number of carbonyl (C=O) groups is 3. The van der Waals surface area contributed by atoms with Gasteiger partial charge in [-0.15, -0.1) is 0 Å². The fourth-order valence-electron chi connectivity index (χ4n) is 5.97. The predicted molar refractivity (Wildman–Crippen MR) is 136 cm³/mol. The standard InChI is InChI=1S/C28H42N2O6/c1-17(2)13-14-21-11-8-12-22(28(33)35-18(3)24(21)20-9-6-7-10-20)30-27(32)25-26(36-19(4)31)23(34-5)15-16-29-25/h15-18,20-22,24H,6-14H2,1-5H3,(H,30,32)/t18-,21+,22-,24+/m0/s1. The van der Waals surface area contributed by atoms with Crippen molar-refractivity contribution < 1.29 is 28.6 Å². The molecule has 2 fully saturated rings. The van der Waals surface area contributed by atoms with E-state index in [0.29, 0.717) is 30.1 Å². The van der Waals surface area contributed by atoms with Crippen LogP contribution in [0.4, 0.5) is 0 Å². The number of pyridine rings is 1. The van der Waals surface area contributed by atoms with Crippen molar-refractivity contribution >= 4 is 17.8 Å². The molecule has 3 rings (SSSR count). The number of cyclic esters (lactones) is 1. The van der Waals surface area contributed by atoms with Gasteiger partial charge in [0.15, 0.2) is 11.4 Å². The lowest BCUT2D eigenvalue weighted by molar-refractivity contribution is -0.155. The van der Waals surface area contributed by atoms with E-state index in [1.54, 1.807) is 0 Å². The summed E-state index contributed by atoms with van der Waals surface area (Å²) in [5.41, 5.74) is -0.107. The summed E-state index contributed by atoms with van der Waals surface area (Å²) in [6.07, 6.45) is 10.7. The number of rotatable bonds is 8. The summed E-state index contributed by atoms with van der Waals surface area (Å²) in [6, 6.07) is 0.706. The van der Waals surface area contributed by atoms with Crippen LogP contribution in [0.2, 0.25) is 0 Å². The Morgan fingerprint density at radius 1 is 1.17 bits per heavy atom. The second kappa shape index (κ2) is 13.1.